The summed E-state index contributed by atoms with van der Waals surface area (Å²) in [4.78, 5) is 119. The van der Waals surface area contributed by atoms with Crippen LogP contribution in [-0.4, -0.2) is 295 Å². The largest absolute Gasteiger partial charge is 0.493 e. The lowest BCUT2D eigenvalue weighted by Gasteiger charge is -2.38. The second-order valence-electron chi connectivity index (χ2n) is 29.2. The molecule has 6 aliphatic heterocycles. The maximum Gasteiger partial charge on any atom is 0.416 e. The second-order valence-corrected chi connectivity index (χ2v) is 29.2. The molecule has 0 aromatic heterocycles. The van der Waals surface area contributed by atoms with Gasteiger partial charge in [0, 0.05) is 58.3 Å². The van der Waals surface area contributed by atoms with Gasteiger partial charge in [-0.1, -0.05) is 23.3 Å². The van der Waals surface area contributed by atoms with Crippen LogP contribution in [-0.2, 0) is 83.5 Å². The summed E-state index contributed by atoms with van der Waals surface area (Å²) >= 11 is 0. The maximum absolute atomic E-state index is 14.9. The molecule has 0 bridgehead atoms. The third-order valence-electron chi connectivity index (χ3n) is 20.3. The van der Waals surface area contributed by atoms with Crippen molar-refractivity contribution in [3.8, 4) is 34.5 Å². The van der Waals surface area contributed by atoms with Crippen molar-refractivity contribution in [2.24, 2.45) is 0 Å². The number of carbonyl (C=O) groups excluding carboxylic acids is 6. The number of amides is 5. The number of ketones is 1. The number of aliphatic carboxylic acids is 2. The molecule has 5 aromatic rings. The predicted molar refractivity (Wildman–Crippen MR) is 419 cm³/mol. The lowest BCUT2D eigenvalue weighted by molar-refractivity contribution is -0.271. The SMILES string of the molecule is CNOCCOCCNC(=O)c1cc(COC(=O)N2c3cc(OCc4cc(COc5cc6c(cc5OC)C(=O)N5C=C(C)C[C@H]5C(O)N6C(=O)OCc5ccc(O[C@@H]6OC[C@@H](O)[C@H](O)[C@H]6O)c(C(=O)CCCOC)c5)cc(OCCOCCOCCOCC(=O)O)c4)c(C)cc3C(=O)N3C=C(C)C[C@H]3C2O)ccc1O[C@@H]1O[C@H](C(=O)O)[C@@H](O)[C@H](O)[C@H]1O. The Morgan fingerprint density at radius 1 is 0.525 bits per heavy atom. The Kier molecular flexibility index (Phi) is 32.3. The summed E-state index contributed by atoms with van der Waals surface area (Å²) in [6.07, 6.45) is -18.4. The third kappa shape index (κ3) is 22.6. The third-order valence-corrected chi connectivity index (χ3v) is 20.3. The van der Waals surface area contributed by atoms with E-state index in [0.29, 0.717) is 34.3 Å². The van der Waals surface area contributed by atoms with Crippen LogP contribution in [0.3, 0.4) is 0 Å². The number of Topliss-reactive ketones (excluding diaryl/α,β-unsaturated/α-hetero) is 1. The number of anilines is 2. The van der Waals surface area contributed by atoms with Crippen LogP contribution in [0.5, 0.6) is 34.5 Å². The van der Waals surface area contributed by atoms with E-state index in [-0.39, 0.29) is 191 Å². The van der Waals surface area contributed by atoms with Gasteiger partial charge in [0.25, 0.3) is 17.7 Å². The number of hydrogen-bond donors (Lipinski definition) is 12. The molecule has 2 unspecified atom stereocenters. The van der Waals surface area contributed by atoms with Gasteiger partial charge in [-0.05, 0) is 122 Å². The number of methoxy groups -OCH3 is 2. The molecule has 2 saturated heterocycles. The van der Waals surface area contributed by atoms with E-state index in [2.05, 4.69) is 10.8 Å². The summed E-state index contributed by atoms with van der Waals surface area (Å²) in [5, 5.41) is 109. The van der Waals surface area contributed by atoms with Crippen LogP contribution in [0.4, 0.5) is 21.0 Å². The summed E-state index contributed by atoms with van der Waals surface area (Å²) in [5.41, 5.74) is 4.93. The molecule has 40 nitrogen and oxygen atoms in total. The smallest absolute Gasteiger partial charge is 0.416 e. The number of carbonyl (C=O) groups is 8. The van der Waals surface area contributed by atoms with Crippen LogP contribution in [0.1, 0.15) is 109 Å². The molecule has 40 heteroatoms. The molecule has 5 amide bonds. The first-order valence-electron chi connectivity index (χ1n) is 39.0. The number of carboxylic acids is 2. The average molecular weight is 1710 g/mol. The predicted octanol–water partition coefficient (Wildman–Crippen LogP) is 2.46. The zero-order chi connectivity index (χ0) is 87.6. The number of hydrogen-bond acceptors (Lipinski definition) is 33. The number of ether oxygens (including phenoxy) is 15. The number of aliphatic hydroxyl groups excluding tert-OH is 8. The molecular weight excluding hydrogens is 1610 g/mol. The van der Waals surface area contributed by atoms with Gasteiger partial charge >= 0.3 is 24.1 Å². The summed E-state index contributed by atoms with van der Waals surface area (Å²) in [5.74, 6) is -5.22. The highest BCUT2D eigenvalue weighted by molar-refractivity contribution is 6.08. The van der Waals surface area contributed by atoms with Crippen molar-refractivity contribution in [3.05, 3.63) is 152 Å². The number of nitrogens with zero attached hydrogens (tertiary/aromatic N) is 4. The minimum absolute atomic E-state index is 0.00660. The van der Waals surface area contributed by atoms with Crippen molar-refractivity contribution in [2.75, 3.05) is 117 Å². The number of carboxylic acid groups (broad SMARTS) is 2. The molecule has 0 saturated carbocycles. The fourth-order valence-electron chi connectivity index (χ4n) is 14.2. The van der Waals surface area contributed by atoms with E-state index in [9.17, 15) is 84.3 Å². The number of benzene rings is 5. The molecule has 6 heterocycles. The van der Waals surface area contributed by atoms with Crippen LogP contribution in [0, 0.1) is 6.92 Å². The molecule has 662 valence electrons. The van der Waals surface area contributed by atoms with Crippen LogP contribution in [0.15, 0.2) is 102 Å². The van der Waals surface area contributed by atoms with Gasteiger partial charge in [-0.2, -0.15) is 0 Å². The van der Waals surface area contributed by atoms with E-state index < -0.39 is 147 Å². The molecule has 5 aromatic carbocycles. The van der Waals surface area contributed by atoms with Crippen molar-refractivity contribution in [2.45, 2.75) is 153 Å². The normalized spacial score (nSPS) is 22.9. The zero-order valence-electron chi connectivity index (χ0n) is 67.6. The van der Waals surface area contributed by atoms with Crippen LogP contribution < -0.4 is 49.0 Å². The molecule has 6 aliphatic rings. The number of aryl methyl sites for hydroxylation is 1. The first-order valence-corrected chi connectivity index (χ1v) is 39.0. The average Bonchev–Trinajstić information content (AvgIpc) is 1.60. The van der Waals surface area contributed by atoms with E-state index >= 15 is 0 Å². The number of nitrogens with one attached hydrogen (secondary N) is 2. The van der Waals surface area contributed by atoms with Gasteiger partial charge in [-0.15, -0.1) is 0 Å². The summed E-state index contributed by atoms with van der Waals surface area (Å²) < 4.78 is 86.5. The fraction of sp³-hybridized carbons (Fsp3) is 0.488. The Labute approximate surface area is 698 Å². The number of hydroxylamine groups is 1. The van der Waals surface area contributed by atoms with E-state index in [4.69, 9.17) is 81.0 Å². The number of rotatable bonds is 41. The van der Waals surface area contributed by atoms with Crippen molar-refractivity contribution < 1.29 is 165 Å². The molecular formula is C82H100N6O34. The molecule has 13 atom stereocenters. The van der Waals surface area contributed by atoms with Gasteiger partial charge < -0.3 is 137 Å². The highest BCUT2D eigenvalue weighted by Gasteiger charge is 2.50. The monoisotopic (exact) mass is 1710 g/mol. The topological polar surface area (TPSA) is 524 Å². The molecule has 12 N–H and O–H groups in total. The van der Waals surface area contributed by atoms with Gasteiger partial charge in [0.05, 0.1) is 112 Å². The van der Waals surface area contributed by atoms with E-state index in [1.54, 1.807) is 58.4 Å². The Bertz CT molecular complexity index is 4620. The lowest BCUT2D eigenvalue weighted by atomic mass is 9.99. The van der Waals surface area contributed by atoms with Gasteiger partial charge in [-0.3, -0.25) is 24.0 Å². The minimum Gasteiger partial charge on any atom is -0.493 e. The first kappa shape index (κ1) is 92.0. The maximum atomic E-state index is 14.9. The first-order chi connectivity index (χ1) is 58.6. The highest BCUT2D eigenvalue weighted by atomic mass is 16.7. The van der Waals surface area contributed by atoms with Gasteiger partial charge in [0.15, 0.2) is 35.8 Å². The summed E-state index contributed by atoms with van der Waals surface area (Å²) in [6.45, 7) is 3.67. The molecule has 122 heavy (non-hydrogen) atoms. The Balaban J connectivity index is 0.859. The van der Waals surface area contributed by atoms with Crippen molar-refractivity contribution in [3.63, 3.8) is 0 Å². The fourth-order valence-corrected chi connectivity index (χ4v) is 14.2. The van der Waals surface area contributed by atoms with Gasteiger partial charge in [-0.25, -0.2) is 34.5 Å². The Morgan fingerprint density at radius 3 is 1.66 bits per heavy atom. The molecule has 0 aliphatic carbocycles. The standard InChI is InChI=1S/C82H100N6O34/c1-43-24-57-76(101)87(81(105)118-38-47-10-12-62(54(31-47)73(98)84-13-15-109-21-23-119-83-4)121-80-71(97)68(94)69(95)72(122-80)78(103)104)55-33-63(45(3)26-51(55)74(99)85(57)35-43)114-39-48-27-49(29-50(28-48)113-22-20-111-17-16-110-18-19-112-42-66(91)92)40-115-65-34-56-52(32-64(65)108-6)75(100)86-36-44(2)25-58(86)77(102)88(56)82(106)117-37-46-9-11-61(53(30-46)59(89)8-7-14-107-5)120-79-70(96)67(93)60(90)41-116-79/h9-12,26-36,57-58,60,67-72,76-77,79-80,83,90,93-97,101-102H,7-8,13-25,37-42H2,1-6H3,(H,84,98)(H,91,92)(H,103,104)/t57-,58-,60+,67-,68-,69-,70+,71+,72-,76?,77?,79-,80+/m0/s1. The van der Waals surface area contributed by atoms with E-state index in [0.717, 1.165) is 9.80 Å². The molecule has 11 rings (SSSR count). The summed E-state index contributed by atoms with van der Waals surface area (Å²) in [6, 6.07) is 16.7. The second kappa shape index (κ2) is 42.9. The van der Waals surface area contributed by atoms with E-state index in [1.807, 2.05) is 0 Å². The number of aliphatic hydroxyl groups is 8. The minimum atomic E-state index is -2.06. The quantitative estimate of drug-likeness (QED) is 0.0152. The van der Waals surface area contributed by atoms with Gasteiger partial charge in [0.1, 0.15) is 99.3 Å². The zero-order valence-corrected chi connectivity index (χ0v) is 67.6. The van der Waals surface area contributed by atoms with Crippen LogP contribution >= 0.6 is 0 Å². The van der Waals surface area contributed by atoms with Crippen molar-refractivity contribution >= 4 is 59.0 Å². The van der Waals surface area contributed by atoms with E-state index in [1.165, 1.54) is 84.7 Å². The highest BCUT2D eigenvalue weighted by Crippen LogP contribution is 2.44. The van der Waals surface area contributed by atoms with Crippen molar-refractivity contribution in [1.29, 1.82) is 0 Å². The Morgan fingerprint density at radius 2 is 1.07 bits per heavy atom. The molecule has 0 radical (unpaired) electrons. The van der Waals surface area contributed by atoms with Crippen molar-refractivity contribution in [1.82, 2.24) is 20.6 Å². The Hall–Kier alpha value is -10.7. The number of fused-ring (bicyclic) bond motifs is 4. The van der Waals surface area contributed by atoms with Crippen LogP contribution in [0.2, 0.25) is 0 Å². The van der Waals surface area contributed by atoms with Gasteiger partial charge in [0.2, 0.25) is 12.6 Å². The molecule has 0 spiro atoms. The lowest BCUT2D eigenvalue weighted by Crippen LogP contribution is -2.61. The summed E-state index contributed by atoms with van der Waals surface area (Å²) in [7, 11) is 4.37. The van der Waals surface area contributed by atoms with Crippen LogP contribution in [0.25, 0.3) is 0 Å². The molecule has 2 fully saturated rings.